The molecule has 0 bridgehead atoms. The molecule has 0 saturated heterocycles. The number of aryl methyl sites for hydroxylation is 1. The van der Waals surface area contributed by atoms with Crippen LogP contribution in [-0.2, 0) is 22.4 Å². The average Bonchev–Trinajstić information content (AvgIpc) is 2.54. The van der Waals surface area contributed by atoms with Gasteiger partial charge in [0, 0.05) is 23.4 Å². The molecule has 136 valence electrons. The van der Waals surface area contributed by atoms with Gasteiger partial charge in [-0.3, -0.25) is 0 Å². The molecule has 0 saturated carbocycles. The number of thioether (sulfide) groups is 1. The van der Waals surface area contributed by atoms with E-state index in [-0.39, 0.29) is 63.6 Å². The van der Waals surface area contributed by atoms with Crippen molar-refractivity contribution < 1.29 is 82.2 Å². The summed E-state index contributed by atoms with van der Waals surface area (Å²) in [5.41, 5.74) is -3.19. The number of alkyl halides is 2. The Bertz CT molecular complexity index is 763. The van der Waals surface area contributed by atoms with E-state index in [1.165, 1.54) is 17.7 Å². The van der Waals surface area contributed by atoms with Crippen LogP contribution in [0, 0.1) is 0 Å². The molecule has 0 aromatic heterocycles. The van der Waals surface area contributed by atoms with E-state index in [9.17, 15) is 23.1 Å². The van der Waals surface area contributed by atoms with Crippen LogP contribution < -0.4 is 68.9 Å². The second-order valence-electron chi connectivity index (χ2n) is 5.49. The Morgan fingerprint density at radius 3 is 2.22 bits per heavy atom. The maximum Gasteiger partial charge on any atom is 1.00 e. The third-order valence-corrected chi connectivity index (χ3v) is 6.27. The zero-order valence-electron chi connectivity index (χ0n) is 15.2. The fourth-order valence-corrected chi connectivity index (χ4v) is 4.48. The summed E-state index contributed by atoms with van der Waals surface area (Å²) in [6.07, 6.45) is 1.98. The van der Waals surface area contributed by atoms with Crippen LogP contribution in [0.25, 0.3) is 0 Å². The summed E-state index contributed by atoms with van der Waals surface area (Å²) in [6.45, 7) is 0. The van der Waals surface area contributed by atoms with E-state index in [4.69, 9.17) is 0 Å². The molecule has 3 nitrogen and oxygen atoms in total. The first-order chi connectivity index (χ1) is 11.7. The van der Waals surface area contributed by atoms with Gasteiger partial charge < -0.3 is 14.4 Å². The van der Waals surface area contributed by atoms with Gasteiger partial charge in [-0.15, -0.1) is 0 Å². The first-order valence-corrected chi connectivity index (χ1v) is 11.0. The quantitative estimate of drug-likeness (QED) is 0.249. The maximum atomic E-state index is 13.6. The van der Waals surface area contributed by atoms with Crippen molar-refractivity contribution in [1.82, 2.24) is 0 Å². The van der Waals surface area contributed by atoms with Crippen LogP contribution in [0.3, 0.4) is 0 Å². The molecule has 0 heterocycles. The van der Waals surface area contributed by atoms with Gasteiger partial charge in [0.1, 0.15) is 0 Å². The molecular formula is C17H16BrF2Na2O3PS. The Hall–Kier alpha value is 1.28. The molecule has 0 aliphatic carbocycles. The molecule has 2 aromatic carbocycles. The number of halogens is 3. The summed E-state index contributed by atoms with van der Waals surface area (Å²) < 4.78 is 38.0. The van der Waals surface area contributed by atoms with Crippen LogP contribution in [0.1, 0.15) is 23.1 Å². The minimum atomic E-state index is -6.06. The molecule has 27 heavy (non-hydrogen) atoms. The van der Waals surface area contributed by atoms with Gasteiger partial charge in [-0.05, 0) is 35.8 Å². The summed E-state index contributed by atoms with van der Waals surface area (Å²) in [6, 6.07) is 14.0. The Labute approximate surface area is 215 Å². The van der Waals surface area contributed by atoms with Gasteiger partial charge in [0.2, 0.25) is 0 Å². The monoisotopic (exact) mass is 494 g/mol. The van der Waals surface area contributed by atoms with Crippen molar-refractivity contribution in [2.75, 3.05) is 5.75 Å². The van der Waals surface area contributed by atoms with Gasteiger partial charge in [-0.1, -0.05) is 58.4 Å². The molecule has 0 aliphatic heterocycles. The van der Waals surface area contributed by atoms with Crippen molar-refractivity contribution in [3.05, 3.63) is 69.7 Å². The standard InChI is InChI=1S/C17H18BrF2O3PS.2Na/c18-16-11-14(8-9-15(16)17(19,20)24(21,22)23)12-25-10-4-7-13-5-2-1-3-6-13;;/h1-3,5-6,8-9,11H,4,7,10,12H2,(H2,21,22,23);;/q;2*+1/p-2. The zero-order chi connectivity index (χ0) is 18.5. The largest absolute Gasteiger partial charge is 1.00 e. The molecule has 0 atom stereocenters. The van der Waals surface area contributed by atoms with Crippen LogP contribution in [-0.4, -0.2) is 5.75 Å². The van der Waals surface area contributed by atoms with Crippen molar-refractivity contribution >= 4 is 35.3 Å². The normalized spacial score (nSPS) is 11.4. The number of benzene rings is 2. The van der Waals surface area contributed by atoms with Gasteiger partial charge in [0.25, 0.3) is 5.66 Å². The third kappa shape index (κ3) is 8.50. The second kappa shape index (κ2) is 12.9. The van der Waals surface area contributed by atoms with Crippen LogP contribution in [0.15, 0.2) is 53.0 Å². The molecule has 0 fully saturated rings. The van der Waals surface area contributed by atoms with E-state index in [1.807, 2.05) is 18.2 Å². The fourth-order valence-electron chi connectivity index (χ4n) is 2.25. The number of hydrogen-bond acceptors (Lipinski definition) is 4. The van der Waals surface area contributed by atoms with E-state index >= 15 is 0 Å². The average molecular weight is 495 g/mol. The Balaban J connectivity index is 0.00000338. The second-order valence-corrected chi connectivity index (χ2v) is 9.01. The molecule has 0 amide bonds. The van der Waals surface area contributed by atoms with E-state index in [0.717, 1.165) is 30.2 Å². The predicted octanol–water partition coefficient (Wildman–Crippen LogP) is -1.71. The summed E-state index contributed by atoms with van der Waals surface area (Å²) in [4.78, 5) is 21.5. The molecule has 0 aliphatic rings. The number of hydrogen-bond donors (Lipinski definition) is 0. The SMILES string of the molecule is O=P([O-])([O-])C(F)(F)c1ccc(CSCCCc2ccccc2)cc1Br.[Na+].[Na+]. The Morgan fingerprint density at radius 1 is 1.04 bits per heavy atom. The fraction of sp³-hybridized carbons (Fsp3) is 0.294. The molecule has 10 heteroatoms. The van der Waals surface area contributed by atoms with E-state index in [2.05, 4.69) is 28.1 Å². The molecular weight excluding hydrogens is 479 g/mol. The van der Waals surface area contributed by atoms with Gasteiger partial charge in [-0.25, -0.2) is 0 Å². The summed E-state index contributed by atoms with van der Waals surface area (Å²) in [5, 5.41) is 0. The van der Waals surface area contributed by atoms with Crippen molar-refractivity contribution in [3.63, 3.8) is 0 Å². The van der Waals surface area contributed by atoms with Crippen molar-refractivity contribution in [2.24, 2.45) is 0 Å². The van der Waals surface area contributed by atoms with E-state index in [1.54, 1.807) is 11.8 Å². The minimum absolute atomic E-state index is 0. The predicted molar refractivity (Wildman–Crippen MR) is 96.6 cm³/mol. The molecule has 0 N–H and O–H groups in total. The van der Waals surface area contributed by atoms with Gasteiger partial charge >= 0.3 is 59.1 Å². The van der Waals surface area contributed by atoms with Crippen LogP contribution in [0.2, 0.25) is 0 Å². The molecule has 0 unspecified atom stereocenters. The van der Waals surface area contributed by atoms with Gasteiger partial charge in [-0.2, -0.15) is 20.5 Å². The van der Waals surface area contributed by atoms with E-state index in [0.29, 0.717) is 5.75 Å². The van der Waals surface area contributed by atoms with Crippen molar-refractivity contribution in [2.45, 2.75) is 24.3 Å². The first kappa shape index (κ1) is 28.3. The maximum absolute atomic E-state index is 13.6. The Kier molecular flexibility index (Phi) is 13.5. The molecule has 0 radical (unpaired) electrons. The first-order valence-electron chi connectivity index (χ1n) is 7.52. The van der Waals surface area contributed by atoms with Gasteiger partial charge in [0.05, 0.1) is 0 Å². The molecule has 2 aromatic rings. The number of rotatable bonds is 8. The summed E-state index contributed by atoms with van der Waals surface area (Å²) in [5.74, 6) is 1.53. The van der Waals surface area contributed by atoms with Gasteiger partial charge in [0.15, 0.2) is 0 Å². The topological polar surface area (TPSA) is 63.2 Å². The van der Waals surface area contributed by atoms with Crippen molar-refractivity contribution in [1.29, 1.82) is 0 Å². The van der Waals surface area contributed by atoms with Crippen LogP contribution in [0.4, 0.5) is 8.78 Å². The Morgan fingerprint density at radius 2 is 1.67 bits per heavy atom. The summed E-state index contributed by atoms with van der Waals surface area (Å²) >= 11 is 4.61. The third-order valence-electron chi connectivity index (χ3n) is 3.57. The van der Waals surface area contributed by atoms with Crippen LogP contribution in [0.5, 0.6) is 0 Å². The molecule has 0 spiro atoms. The van der Waals surface area contributed by atoms with E-state index < -0.39 is 18.8 Å². The minimum Gasteiger partial charge on any atom is -0.806 e. The van der Waals surface area contributed by atoms with Crippen molar-refractivity contribution in [3.8, 4) is 0 Å². The smallest absolute Gasteiger partial charge is 0.806 e. The summed E-state index contributed by atoms with van der Waals surface area (Å²) in [7, 11) is -6.06. The van der Waals surface area contributed by atoms with Crippen LogP contribution >= 0.6 is 35.3 Å². The zero-order valence-corrected chi connectivity index (χ0v) is 22.5. The molecule has 2 rings (SSSR count).